The van der Waals surface area contributed by atoms with Gasteiger partial charge in [-0.25, -0.2) is 4.98 Å². The van der Waals surface area contributed by atoms with Crippen molar-refractivity contribution in [2.75, 3.05) is 5.32 Å². The van der Waals surface area contributed by atoms with E-state index in [-0.39, 0.29) is 17.6 Å². The maximum atomic E-state index is 11.9. The Kier molecular flexibility index (Phi) is 3.08. The molecule has 2 aromatic heterocycles. The summed E-state index contributed by atoms with van der Waals surface area (Å²) in [5.74, 6) is 0.307. The molecule has 3 rings (SSSR count). The van der Waals surface area contributed by atoms with Crippen molar-refractivity contribution in [3.8, 4) is 0 Å². The molecule has 1 aliphatic rings. The van der Waals surface area contributed by atoms with Gasteiger partial charge in [0, 0.05) is 17.0 Å². The average Bonchev–Trinajstić information content (AvgIpc) is 2.94. The molecule has 0 radical (unpaired) electrons. The van der Waals surface area contributed by atoms with Gasteiger partial charge in [-0.05, 0) is 26.2 Å². The minimum Gasteiger partial charge on any atom is -0.361 e. The van der Waals surface area contributed by atoms with Crippen LogP contribution in [0.2, 0.25) is 0 Å². The lowest BCUT2D eigenvalue weighted by atomic mass is 9.99. The summed E-state index contributed by atoms with van der Waals surface area (Å²) in [4.78, 5) is 17.5. The highest BCUT2D eigenvalue weighted by Gasteiger charge is 2.21. The number of hydrogen-bond acceptors (Lipinski definition) is 6. The van der Waals surface area contributed by atoms with Gasteiger partial charge in [-0.15, -0.1) is 11.3 Å². The summed E-state index contributed by atoms with van der Waals surface area (Å²) in [6, 6.07) is 1.80. The van der Waals surface area contributed by atoms with Crippen LogP contribution >= 0.6 is 11.3 Å². The summed E-state index contributed by atoms with van der Waals surface area (Å²) in [6.07, 6.45) is 2.67. The van der Waals surface area contributed by atoms with Crippen molar-refractivity contribution in [1.29, 1.82) is 0 Å². The quantitative estimate of drug-likeness (QED) is 0.868. The van der Waals surface area contributed by atoms with Crippen LogP contribution < -0.4 is 11.1 Å². The fourth-order valence-electron chi connectivity index (χ4n) is 2.09. The van der Waals surface area contributed by atoms with Crippen LogP contribution in [-0.2, 0) is 12.8 Å². The van der Waals surface area contributed by atoms with Crippen molar-refractivity contribution in [2.24, 2.45) is 5.73 Å². The molecule has 0 bridgehead atoms. The zero-order valence-electron chi connectivity index (χ0n) is 10.5. The third-order valence-electron chi connectivity index (χ3n) is 3.06. The molecular weight excluding hydrogens is 264 g/mol. The number of rotatable bonds is 2. The standard InChI is InChI=1S/C12H14N4O2S/c1-6-4-9(16-18-6)11(17)15-12-14-8-3-2-7(13)5-10(8)19-12/h4,7H,2-3,5,13H2,1H3,(H,14,15,17)/t7-/m0/s1. The number of carbonyl (C=O) groups excluding carboxylic acids is 1. The Hall–Kier alpha value is -1.73. The lowest BCUT2D eigenvalue weighted by molar-refractivity contribution is 0.101. The van der Waals surface area contributed by atoms with Crippen LogP contribution in [0.1, 0.15) is 33.2 Å². The second kappa shape index (κ2) is 4.75. The second-order valence-corrected chi connectivity index (χ2v) is 5.75. The molecular formula is C12H14N4O2S. The number of nitrogens with one attached hydrogen (secondary N) is 1. The van der Waals surface area contributed by atoms with E-state index >= 15 is 0 Å². The fraction of sp³-hybridized carbons (Fsp3) is 0.417. The summed E-state index contributed by atoms with van der Waals surface area (Å²) >= 11 is 1.49. The number of nitrogens with zero attached hydrogens (tertiary/aromatic N) is 2. The molecule has 19 heavy (non-hydrogen) atoms. The molecule has 0 aliphatic heterocycles. The second-order valence-electron chi connectivity index (χ2n) is 4.67. The Morgan fingerprint density at radius 3 is 3.21 bits per heavy atom. The van der Waals surface area contributed by atoms with Gasteiger partial charge in [0.05, 0.1) is 5.69 Å². The van der Waals surface area contributed by atoms with E-state index in [1.54, 1.807) is 13.0 Å². The molecule has 1 atom stereocenters. The Morgan fingerprint density at radius 2 is 2.47 bits per heavy atom. The summed E-state index contributed by atoms with van der Waals surface area (Å²) in [6.45, 7) is 1.74. The monoisotopic (exact) mass is 278 g/mol. The molecule has 2 aromatic rings. The van der Waals surface area contributed by atoms with Crippen LogP contribution in [0.25, 0.3) is 0 Å². The number of fused-ring (bicyclic) bond motifs is 1. The number of anilines is 1. The van der Waals surface area contributed by atoms with Crippen molar-refractivity contribution in [3.63, 3.8) is 0 Å². The molecule has 1 amide bonds. The zero-order valence-corrected chi connectivity index (χ0v) is 11.3. The Labute approximate surface area is 114 Å². The molecule has 2 heterocycles. The lowest BCUT2D eigenvalue weighted by Crippen LogP contribution is -2.27. The van der Waals surface area contributed by atoms with E-state index in [9.17, 15) is 4.79 Å². The van der Waals surface area contributed by atoms with Gasteiger partial charge < -0.3 is 10.3 Å². The molecule has 0 unspecified atom stereocenters. The predicted molar refractivity (Wildman–Crippen MR) is 71.3 cm³/mol. The maximum Gasteiger partial charge on any atom is 0.279 e. The first-order valence-electron chi connectivity index (χ1n) is 6.10. The van der Waals surface area contributed by atoms with Gasteiger partial charge in [0.1, 0.15) is 5.76 Å². The Bertz CT molecular complexity index is 619. The third-order valence-corrected chi connectivity index (χ3v) is 4.09. The summed E-state index contributed by atoms with van der Waals surface area (Å²) < 4.78 is 4.87. The van der Waals surface area contributed by atoms with Gasteiger partial charge >= 0.3 is 0 Å². The van der Waals surface area contributed by atoms with E-state index in [0.717, 1.165) is 25.0 Å². The van der Waals surface area contributed by atoms with E-state index in [2.05, 4.69) is 15.5 Å². The molecule has 0 aromatic carbocycles. The van der Waals surface area contributed by atoms with Crippen LogP contribution in [0.15, 0.2) is 10.6 Å². The summed E-state index contributed by atoms with van der Waals surface area (Å²) in [5, 5.41) is 7.03. The number of aromatic nitrogens is 2. The number of nitrogens with two attached hydrogens (primary N) is 1. The van der Waals surface area contributed by atoms with E-state index in [1.165, 1.54) is 16.2 Å². The summed E-state index contributed by atoms with van der Waals surface area (Å²) in [5.41, 5.74) is 7.24. The highest BCUT2D eigenvalue weighted by molar-refractivity contribution is 7.15. The van der Waals surface area contributed by atoms with Crippen molar-refractivity contribution in [3.05, 3.63) is 28.1 Å². The first kappa shape index (κ1) is 12.3. The average molecular weight is 278 g/mol. The minimum atomic E-state index is -0.299. The third kappa shape index (κ3) is 2.52. The smallest absolute Gasteiger partial charge is 0.279 e. The first-order valence-corrected chi connectivity index (χ1v) is 6.92. The normalized spacial score (nSPS) is 18.1. The van der Waals surface area contributed by atoms with Crippen molar-refractivity contribution < 1.29 is 9.32 Å². The van der Waals surface area contributed by atoms with E-state index in [1.807, 2.05) is 0 Å². The SMILES string of the molecule is Cc1cc(C(=O)Nc2nc3c(s2)C[C@@H](N)CC3)no1. The molecule has 100 valence electrons. The number of carbonyl (C=O) groups is 1. The van der Waals surface area contributed by atoms with Crippen LogP contribution in [-0.4, -0.2) is 22.1 Å². The number of hydrogen-bond donors (Lipinski definition) is 2. The molecule has 0 fully saturated rings. The van der Waals surface area contributed by atoms with Crippen LogP contribution in [0.5, 0.6) is 0 Å². The Balaban J connectivity index is 1.75. The maximum absolute atomic E-state index is 11.9. The van der Waals surface area contributed by atoms with Gasteiger partial charge in [-0.3, -0.25) is 10.1 Å². The first-order chi connectivity index (χ1) is 9.11. The van der Waals surface area contributed by atoms with Crippen molar-refractivity contribution in [2.45, 2.75) is 32.2 Å². The van der Waals surface area contributed by atoms with Crippen LogP contribution in [0.3, 0.4) is 0 Å². The minimum absolute atomic E-state index is 0.203. The molecule has 7 heteroatoms. The van der Waals surface area contributed by atoms with Crippen LogP contribution in [0.4, 0.5) is 5.13 Å². The molecule has 0 saturated carbocycles. The largest absolute Gasteiger partial charge is 0.361 e. The predicted octanol–water partition coefficient (Wildman–Crippen LogP) is 1.51. The highest BCUT2D eigenvalue weighted by atomic mass is 32.1. The van der Waals surface area contributed by atoms with Crippen molar-refractivity contribution >= 4 is 22.4 Å². The van der Waals surface area contributed by atoms with E-state index in [0.29, 0.717) is 10.9 Å². The molecule has 1 aliphatic carbocycles. The Morgan fingerprint density at radius 1 is 1.63 bits per heavy atom. The van der Waals surface area contributed by atoms with Gasteiger partial charge in [0.2, 0.25) is 0 Å². The molecule has 0 saturated heterocycles. The molecule has 0 spiro atoms. The molecule has 3 N–H and O–H groups in total. The molecule has 6 nitrogen and oxygen atoms in total. The van der Waals surface area contributed by atoms with Gasteiger partial charge in [0.25, 0.3) is 5.91 Å². The van der Waals surface area contributed by atoms with Crippen LogP contribution in [0, 0.1) is 6.92 Å². The number of amides is 1. The highest BCUT2D eigenvalue weighted by Crippen LogP contribution is 2.29. The van der Waals surface area contributed by atoms with E-state index in [4.69, 9.17) is 10.3 Å². The zero-order chi connectivity index (χ0) is 13.4. The van der Waals surface area contributed by atoms with Gasteiger partial charge in [-0.1, -0.05) is 5.16 Å². The van der Waals surface area contributed by atoms with Gasteiger partial charge in [0.15, 0.2) is 10.8 Å². The van der Waals surface area contributed by atoms with E-state index < -0.39 is 0 Å². The van der Waals surface area contributed by atoms with Gasteiger partial charge in [-0.2, -0.15) is 0 Å². The summed E-state index contributed by atoms with van der Waals surface area (Å²) in [7, 11) is 0. The topological polar surface area (TPSA) is 94.0 Å². The number of aryl methyl sites for hydroxylation is 2. The number of thiazole rings is 1. The fourth-order valence-corrected chi connectivity index (χ4v) is 3.18. The van der Waals surface area contributed by atoms with Crippen molar-refractivity contribution in [1.82, 2.24) is 10.1 Å². The lowest BCUT2D eigenvalue weighted by Gasteiger charge is -2.15.